The van der Waals surface area contributed by atoms with Crippen molar-refractivity contribution in [3.63, 3.8) is 0 Å². The van der Waals surface area contributed by atoms with Gasteiger partial charge in [-0.1, -0.05) is 112 Å². The third-order valence-electron chi connectivity index (χ3n) is 12.6. The smallest absolute Gasteiger partial charge is 0.146 e. The molecule has 1 aliphatic carbocycles. The van der Waals surface area contributed by atoms with E-state index < -0.39 is 0 Å². The van der Waals surface area contributed by atoms with Gasteiger partial charge in [0.1, 0.15) is 11.3 Å². The van der Waals surface area contributed by atoms with Crippen molar-refractivity contribution in [1.82, 2.24) is 18.8 Å². The summed E-state index contributed by atoms with van der Waals surface area (Å²) >= 11 is 0. The van der Waals surface area contributed by atoms with Gasteiger partial charge in [-0.3, -0.25) is 8.80 Å². The lowest BCUT2D eigenvalue weighted by Crippen LogP contribution is -2.15. The number of rotatable bonds is 4. The number of pyridine rings is 2. The summed E-state index contributed by atoms with van der Waals surface area (Å²) in [7, 11) is 0. The summed E-state index contributed by atoms with van der Waals surface area (Å²) in [4.78, 5) is 10.2. The van der Waals surface area contributed by atoms with Gasteiger partial charge in [-0.2, -0.15) is 0 Å². The molecule has 0 fully saturated rings. The van der Waals surface area contributed by atoms with Gasteiger partial charge in [0.2, 0.25) is 0 Å². The van der Waals surface area contributed by atoms with E-state index in [9.17, 15) is 0 Å². The van der Waals surface area contributed by atoms with Crippen molar-refractivity contribution in [2.75, 3.05) is 0 Å². The van der Waals surface area contributed by atoms with E-state index in [4.69, 9.17) is 9.97 Å². The first-order valence-corrected chi connectivity index (χ1v) is 19.6. The Balaban J connectivity index is 0.971. The van der Waals surface area contributed by atoms with Gasteiger partial charge in [0.15, 0.2) is 0 Å². The molecule has 0 amide bonds. The van der Waals surface area contributed by atoms with Crippen LogP contribution in [-0.4, -0.2) is 18.8 Å². The predicted molar refractivity (Wildman–Crippen MR) is 240 cm³/mol. The molecular weight excluding hydrogens is 693 g/mol. The summed E-state index contributed by atoms with van der Waals surface area (Å²) in [5.41, 5.74) is 19.2. The Kier molecular flexibility index (Phi) is 6.38. The minimum Gasteiger partial charge on any atom is -0.292 e. The standard InChI is InChI=1S/C53H36N4/c1-5-35-41-27-31(21-25-39(41)51-54-45-14-8-11-17-49(45)56(51)47(35)6-2)33-19-23-36-37-24-20-34(30-44(37)53(3,4)43(36)29-33)32-22-26-40-42(28-32)38-13-7-10-16-48(38)57-50-18-12-9-15-46(50)55-52(40)57/h5-30H,1-2H2,3-4H3. The molecular formula is C53H36N4. The van der Waals surface area contributed by atoms with Crippen molar-refractivity contribution in [3.8, 4) is 33.4 Å². The Hall–Kier alpha value is -7.30. The number of hydrogen-bond acceptors (Lipinski definition) is 2. The fraction of sp³-hybridized carbons (Fsp3) is 0.0566. The van der Waals surface area contributed by atoms with E-state index in [1.54, 1.807) is 0 Å². The molecule has 4 heteroatoms. The molecule has 0 N–H and O–H groups in total. The third-order valence-corrected chi connectivity index (χ3v) is 12.6. The first kappa shape index (κ1) is 32.0. The van der Waals surface area contributed by atoms with Crippen LogP contribution in [0.5, 0.6) is 0 Å². The molecule has 268 valence electrons. The summed E-state index contributed by atoms with van der Waals surface area (Å²) in [5.74, 6) is 0. The van der Waals surface area contributed by atoms with E-state index >= 15 is 0 Å². The number of imidazole rings is 2. The molecule has 11 aromatic rings. The first-order valence-electron chi connectivity index (χ1n) is 19.6. The molecule has 4 aromatic heterocycles. The van der Waals surface area contributed by atoms with Crippen LogP contribution in [-0.2, 0) is 5.41 Å². The van der Waals surface area contributed by atoms with Gasteiger partial charge in [-0.25, -0.2) is 9.97 Å². The van der Waals surface area contributed by atoms with Crippen LogP contribution in [0.3, 0.4) is 0 Å². The minimum atomic E-state index is -0.191. The maximum atomic E-state index is 5.12. The Morgan fingerprint density at radius 3 is 1.56 bits per heavy atom. The van der Waals surface area contributed by atoms with E-state index in [1.165, 1.54) is 60.8 Å². The molecule has 0 unspecified atom stereocenters. The van der Waals surface area contributed by atoms with Crippen LogP contribution in [0.4, 0.5) is 0 Å². The van der Waals surface area contributed by atoms with E-state index in [0.29, 0.717) is 0 Å². The molecule has 0 spiro atoms. The van der Waals surface area contributed by atoms with Crippen LogP contribution in [0.2, 0.25) is 0 Å². The zero-order chi connectivity index (χ0) is 38.2. The van der Waals surface area contributed by atoms with E-state index in [2.05, 4.69) is 175 Å². The summed E-state index contributed by atoms with van der Waals surface area (Å²) in [5, 5.41) is 5.82. The van der Waals surface area contributed by atoms with Gasteiger partial charge in [0.05, 0.1) is 33.3 Å². The lowest BCUT2D eigenvalue weighted by Gasteiger charge is -2.23. The van der Waals surface area contributed by atoms with Crippen LogP contribution < -0.4 is 0 Å². The van der Waals surface area contributed by atoms with Gasteiger partial charge >= 0.3 is 0 Å². The maximum Gasteiger partial charge on any atom is 0.146 e. The molecule has 1 aliphatic rings. The van der Waals surface area contributed by atoms with Crippen molar-refractivity contribution < 1.29 is 0 Å². The third kappa shape index (κ3) is 4.27. The molecule has 57 heavy (non-hydrogen) atoms. The molecule has 0 saturated heterocycles. The highest BCUT2D eigenvalue weighted by atomic mass is 15.0. The topological polar surface area (TPSA) is 34.6 Å². The number of aromatic nitrogens is 4. The van der Waals surface area contributed by atoms with Crippen LogP contribution in [0.1, 0.15) is 36.2 Å². The minimum absolute atomic E-state index is 0.191. The molecule has 0 saturated carbocycles. The SMILES string of the molecule is C=Cc1c(C=C)n2c3ccccc3nc2c2ccc(-c3ccc4c(c3)C(C)(C)c3cc(-c5ccc6c(c5)c5ccccc5n5c7ccccc7nc65)ccc3-4)cc12. The fourth-order valence-corrected chi connectivity index (χ4v) is 9.85. The summed E-state index contributed by atoms with van der Waals surface area (Å²) in [6.45, 7) is 13.2. The highest BCUT2D eigenvalue weighted by Crippen LogP contribution is 2.51. The highest BCUT2D eigenvalue weighted by Gasteiger charge is 2.36. The quantitative estimate of drug-likeness (QED) is 0.169. The van der Waals surface area contributed by atoms with Gasteiger partial charge in [-0.15, -0.1) is 0 Å². The number of benzene rings is 7. The Morgan fingerprint density at radius 2 is 0.947 bits per heavy atom. The number of fused-ring (bicyclic) bond motifs is 16. The van der Waals surface area contributed by atoms with Gasteiger partial charge in [-0.05, 0) is 128 Å². The Labute approximate surface area is 329 Å². The first-order chi connectivity index (χ1) is 27.9. The summed E-state index contributed by atoms with van der Waals surface area (Å²) < 4.78 is 4.52. The van der Waals surface area contributed by atoms with Crippen LogP contribution in [0.25, 0.3) is 111 Å². The average molecular weight is 729 g/mol. The lowest BCUT2D eigenvalue weighted by atomic mass is 9.80. The fourth-order valence-electron chi connectivity index (χ4n) is 9.85. The lowest BCUT2D eigenvalue weighted by molar-refractivity contribution is 0.661. The molecule has 4 nitrogen and oxygen atoms in total. The monoisotopic (exact) mass is 728 g/mol. The molecule has 0 radical (unpaired) electrons. The second-order valence-corrected chi connectivity index (χ2v) is 15.9. The zero-order valence-corrected chi connectivity index (χ0v) is 31.7. The molecule has 7 aromatic carbocycles. The Bertz CT molecular complexity index is 3590. The van der Waals surface area contributed by atoms with Crippen molar-refractivity contribution in [2.24, 2.45) is 0 Å². The van der Waals surface area contributed by atoms with E-state index in [-0.39, 0.29) is 5.41 Å². The number of para-hydroxylation sites is 5. The van der Waals surface area contributed by atoms with Crippen LogP contribution >= 0.6 is 0 Å². The van der Waals surface area contributed by atoms with E-state index in [0.717, 1.165) is 60.8 Å². The maximum absolute atomic E-state index is 5.12. The highest BCUT2D eigenvalue weighted by molar-refractivity contribution is 6.15. The molecule has 0 aliphatic heterocycles. The number of nitrogens with zero attached hydrogens (tertiary/aromatic N) is 4. The van der Waals surface area contributed by atoms with Crippen molar-refractivity contribution in [2.45, 2.75) is 19.3 Å². The largest absolute Gasteiger partial charge is 0.292 e. The van der Waals surface area contributed by atoms with Crippen LogP contribution in [0, 0.1) is 0 Å². The molecule has 0 atom stereocenters. The van der Waals surface area contributed by atoms with Crippen molar-refractivity contribution >= 4 is 78.0 Å². The van der Waals surface area contributed by atoms with E-state index in [1.807, 2.05) is 18.2 Å². The normalized spacial score (nSPS) is 13.4. The van der Waals surface area contributed by atoms with Gasteiger partial charge in [0, 0.05) is 27.1 Å². The molecule has 0 bridgehead atoms. The predicted octanol–water partition coefficient (Wildman–Crippen LogP) is 13.7. The van der Waals surface area contributed by atoms with Gasteiger partial charge < -0.3 is 0 Å². The summed E-state index contributed by atoms with van der Waals surface area (Å²) in [6, 6.07) is 53.1. The second-order valence-electron chi connectivity index (χ2n) is 15.9. The van der Waals surface area contributed by atoms with Gasteiger partial charge in [0.25, 0.3) is 0 Å². The molecule has 12 rings (SSSR count). The van der Waals surface area contributed by atoms with Crippen molar-refractivity contribution in [1.29, 1.82) is 0 Å². The Morgan fingerprint density at radius 1 is 0.456 bits per heavy atom. The van der Waals surface area contributed by atoms with Crippen molar-refractivity contribution in [3.05, 3.63) is 181 Å². The zero-order valence-electron chi connectivity index (χ0n) is 31.7. The second kappa shape index (κ2) is 11.4. The number of hydrogen-bond donors (Lipinski definition) is 0. The molecule has 4 heterocycles. The average Bonchev–Trinajstić information content (AvgIpc) is 3.91. The van der Waals surface area contributed by atoms with Crippen LogP contribution in [0.15, 0.2) is 159 Å². The summed E-state index contributed by atoms with van der Waals surface area (Å²) in [6.07, 6.45) is 3.88.